The number of hydrogen-bond acceptors (Lipinski definition) is 7. The molecule has 0 spiro atoms. The Bertz CT molecular complexity index is 536. The highest BCUT2D eigenvalue weighted by molar-refractivity contribution is 5.75. The monoisotopic (exact) mass is 281 g/mol. The summed E-state index contributed by atoms with van der Waals surface area (Å²) in [6.45, 7) is 1.59. The Hall–Kier alpha value is -2.30. The second-order valence-electron chi connectivity index (χ2n) is 3.87. The summed E-state index contributed by atoms with van der Waals surface area (Å²) < 4.78 is 9.43. The van der Waals surface area contributed by atoms with Crippen LogP contribution in [-0.2, 0) is 9.53 Å². The minimum absolute atomic E-state index is 0.0378. The number of aliphatic hydroxyl groups excluding tert-OH is 2. The zero-order valence-electron chi connectivity index (χ0n) is 11.0. The van der Waals surface area contributed by atoms with Gasteiger partial charge in [0, 0.05) is 11.6 Å². The SMILES string of the molecule is CCOC(=O)C(O)C(O)c1cc(C#N)cc(OC)c1O. The van der Waals surface area contributed by atoms with Crippen molar-refractivity contribution in [2.75, 3.05) is 13.7 Å². The third kappa shape index (κ3) is 3.17. The number of nitriles is 1. The number of phenolic OH excluding ortho intramolecular Hbond substituents is 1. The molecule has 0 aliphatic carbocycles. The normalized spacial score (nSPS) is 13.2. The first kappa shape index (κ1) is 15.8. The summed E-state index contributed by atoms with van der Waals surface area (Å²) in [5, 5.41) is 38.3. The number of esters is 1. The average molecular weight is 281 g/mol. The number of aliphatic hydroxyl groups is 2. The van der Waals surface area contributed by atoms with Crippen LogP contribution in [0, 0.1) is 11.3 Å². The molecule has 0 amide bonds. The van der Waals surface area contributed by atoms with Crippen LogP contribution in [0.5, 0.6) is 11.5 Å². The third-order valence-electron chi connectivity index (χ3n) is 2.60. The van der Waals surface area contributed by atoms with E-state index in [4.69, 9.17) is 10.00 Å². The van der Waals surface area contributed by atoms with Gasteiger partial charge in [-0.2, -0.15) is 5.26 Å². The molecule has 20 heavy (non-hydrogen) atoms. The molecule has 7 heteroatoms. The van der Waals surface area contributed by atoms with Crippen molar-refractivity contribution in [3.8, 4) is 17.6 Å². The molecule has 3 N–H and O–H groups in total. The lowest BCUT2D eigenvalue weighted by Crippen LogP contribution is -2.30. The zero-order valence-corrected chi connectivity index (χ0v) is 11.0. The number of rotatable bonds is 5. The van der Waals surface area contributed by atoms with Crippen molar-refractivity contribution in [1.82, 2.24) is 0 Å². The van der Waals surface area contributed by atoms with E-state index < -0.39 is 23.9 Å². The van der Waals surface area contributed by atoms with E-state index in [1.807, 2.05) is 6.07 Å². The third-order valence-corrected chi connectivity index (χ3v) is 2.60. The number of methoxy groups -OCH3 is 1. The van der Waals surface area contributed by atoms with E-state index in [9.17, 15) is 20.1 Å². The van der Waals surface area contributed by atoms with Gasteiger partial charge < -0.3 is 24.8 Å². The molecular weight excluding hydrogens is 266 g/mol. The second kappa shape index (κ2) is 6.75. The Morgan fingerprint density at radius 2 is 2.10 bits per heavy atom. The smallest absolute Gasteiger partial charge is 0.338 e. The molecule has 7 nitrogen and oxygen atoms in total. The summed E-state index contributed by atoms with van der Waals surface area (Å²) in [5.41, 5.74) is -0.0915. The maximum atomic E-state index is 11.4. The fourth-order valence-corrected chi connectivity index (χ4v) is 1.60. The van der Waals surface area contributed by atoms with Gasteiger partial charge in [-0.3, -0.25) is 0 Å². The van der Waals surface area contributed by atoms with Crippen LogP contribution < -0.4 is 4.74 Å². The van der Waals surface area contributed by atoms with Crippen molar-refractivity contribution in [1.29, 1.82) is 5.26 Å². The van der Waals surface area contributed by atoms with Crippen LogP contribution in [0.4, 0.5) is 0 Å². The van der Waals surface area contributed by atoms with Crippen molar-refractivity contribution in [2.24, 2.45) is 0 Å². The van der Waals surface area contributed by atoms with Gasteiger partial charge >= 0.3 is 5.97 Å². The molecule has 0 radical (unpaired) electrons. The van der Waals surface area contributed by atoms with E-state index in [0.29, 0.717) is 0 Å². The summed E-state index contributed by atoms with van der Waals surface area (Å²) in [6, 6.07) is 4.24. The van der Waals surface area contributed by atoms with Crippen molar-refractivity contribution in [3.63, 3.8) is 0 Å². The molecule has 0 aliphatic rings. The predicted molar refractivity (Wildman–Crippen MR) is 67.0 cm³/mol. The largest absolute Gasteiger partial charge is 0.504 e. The zero-order chi connectivity index (χ0) is 15.3. The molecule has 0 aliphatic heterocycles. The lowest BCUT2D eigenvalue weighted by Gasteiger charge is -2.19. The fraction of sp³-hybridized carbons (Fsp3) is 0.385. The maximum absolute atomic E-state index is 11.4. The minimum atomic E-state index is -1.88. The van der Waals surface area contributed by atoms with E-state index in [1.165, 1.54) is 13.2 Å². The van der Waals surface area contributed by atoms with Gasteiger partial charge in [0.05, 0.1) is 25.3 Å². The molecule has 0 fully saturated rings. The van der Waals surface area contributed by atoms with Crippen molar-refractivity contribution in [2.45, 2.75) is 19.1 Å². The second-order valence-corrected chi connectivity index (χ2v) is 3.87. The molecule has 0 aromatic heterocycles. The summed E-state index contributed by atoms with van der Waals surface area (Å²) in [7, 11) is 1.27. The van der Waals surface area contributed by atoms with Crippen LogP contribution in [-0.4, -0.2) is 41.1 Å². The summed E-state index contributed by atoms with van der Waals surface area (Å²) in [6.07, 6.45) is -3.62. The molecule has 0 saturated heterocycles. The molecule has 108 valence electrons. The Morgan fingerprint density at radius 3 is 2.60 bits per heavy atom. The number of carbonyl (C=O) groups is 1. The molecule has 2 atom stereocenters. The number of ether oxygens (including phenoxy) is 2. The number of nitrogens with zero attached hydrogens (tertiary/aromatic N) is 1. The van der Waals surface area contributed by atoms with Gasteiger partial charge in [0.1, 0.15) is 6.10 Å². The Morgan fingerprint density at radius 1 is 1.45 bits per heavy atom. The number of benzene rings is 1. The van der Waals surface area contributed by atoms with Gasteiger partial charge in [-0.05, 0) is 13.0 Å². The van der Waals surface area contributed by atoms with Gasteiger partial charge in [0.25, 0.3) is 0 Å². The first-order valence-corrected chi connectivity index (χ1v) is 5.80. The summed E-state index contributed by atoms with van der Waals surface area (Å²) >= 11 is 0. The molecule has 0 saturated carbocycles. The lowest BCUT2D eigenvalue weighted by molar-refractivity contribution is -0.159. The van der Waals surface area contributed by atoms with Crippen LogP contribution in [0.25, 0.3) is 0 Å². The van der Waals surface area contributed by atoms with Gasteiger partial charge in [0.2, 0.25) is 0 Å². The van der Waals surface area contributed by atoms with E-state index in [-0.39, 0.29) is 23.5 Å². The first-order chi connectivity index (χ1) is 9.46. The molecule has 0 bridgehead atoms. The highest BCUT2D eigenvalue weighted by Crippen LogP contribution is 2.36. The first-order valence-electron chi connectivity index (χ1n) is 5.80. The number of phenols is 1. The van der Waals surface area contributed by atoms with Gasteiger partial charge in [-0.1, -0.05) is 0 Å². The van der Waals surface area contributed by atoms with E-state index in [0.717, 1.165) is 6.07 Å². The van der Waals surface area contributed by atoms with Crippen LogP contribution in [0.2, 0.25) is 0 Å². The molecular formula is C13H15NO6. The molecule has 1 aromatic carbocycles. The number of hydrogen-bond donors (Lipinski definition) is 3. The quantitative estimate of drug-likeness (QED) is 0.661. The van der Waals surface area contributed by atoms with Gasteiger partial charge in [-0.15, -0.1) is 0 Å². The molecule has 0 heterocycles. The average Bonchev–Trinajstić information content (AvgIpc) is 2.46. The standard InChI is InChI=1S/C13H15NO6/c1-3-20-13(18)12(17)11(16)8-4-7(6-14)5-9(19-2)10(8)15/h4-5,11-12,15-17H,3H2,1-2H3. The number of aromatic hydroxyl groups is 1. The molecule has 1 rings (SSSR count). The highest BCUT2D eigenvalue weighted by Gasteiger charge is 2.30. The topological polar surface area (TPSA) is 120 Å². The van der Waals surface area contributed by atoms with Crippen molar-refractivity contribution >= 4 is 5.97 Å². The Kier molecular flexibility index (Phi) is 5.32. The predicted octanol–water partition coefficient (Wildman–Crippen LogP) is 0.230. The van der Waals surface area contributed by atoms with E-state index >= 15 is 0 Å². The molecule has 2 unspecified atom stereocenters. The highest BCUT2D eigenvalue weighted by atomic mass is 16.5. The van der Waals surface area contributed by atoms with E-state index in [1.54, 1.807) is 6.92 Å². The summed E-state index contributed by atoms with van der Waals surface area (Å²) in [4.78, 5) is 11.4. The fourth-order valence-electron chi connectivity index (χ4n) is 1.60. The van der Waals surface area contributed by atoms with Crippen LogP contribution in [0.1, 0.15) is 24.2 Å². The van der Waals surface area contributed by atoms with Crippen LogP contribution in [0.15, 0.2) is 12.1 Å². The van der Waals surface area contributed by atoms with E-state index in [2.05, 4.69) is 4.74 Å². The minimum Gasteiger partial charge on any atom is -0.504 e. The van der Waals surface area contributed by atoms with Crippen molar-refractivity contribution in [3.05, 3.63) is 23.3 Å². The van der Waals surface area contributed by atoms with Crippen LogP contribution >= 0.6 is 0 Å². The molecule has 1 aromatic rings. The Balaban J connectivity index is 3.18. The summed E-state index contributed by atoms with van der Waals surface area (Å²) in [5.74, 6) is -1.53. The van der Waals surface area contributed by atoms with Crippen molar-refractivity contribution < 1.29 is 29.6 Å². The maximum Gasteiger partial charge on any atom is 0.338 e. The lowest BCUT2D eigenvalue weighted by atomic mass is 10.0. The van der Waals surface area contributed by atoms with Gasteiger partial charge in [0.15, 0.2) is 17.6 Å². The number of carbonyl (C=O) groups excluding carboxylic acids is 1. The van der Waals surface area contributed by atoms with Crippen LogP contribution in [0.3, 0.4) is 0 Å². The van der Waals surface area contributed by atoms with Gasteiger partial charge in [-0.25, -0.2) is 4.79 Å². The Labute approximate surface area is 115 Å².